The molecule has 0 aliphatic carbocycles. The second-order valence-electron chi connectivity index (χ2n) is 6.30. The highest BCUT2D eigenvalue weighted by atomic mass is 32.1. The van der Waals surface area contributed by atoms with E-state index in [0.29, 0.717) is 26.2 Å². The third-order valence-electron chi connectivity index (χ3n) is 4.30. The summed E-state index contributed by atoms with van der Waals surface area (Å²) in [7, 11) is 0. The van der Waals surface area contributed by atoms with E-state index in [0.717, 1.165) is 5.69 Å². The Morgan fingerprint density at radius 2 is 1.69 bits per heavy atom. The minimum Gasteiger partial charge on any atom is -0.368 e. The van der Waals surface area contributed by atoms with E-state index in [1.165, 1.54) is 12.1 Å². The van der Waals surface area contributed by atoms with Crippen LogP contribution in [0.15, 0.2) is 24.3 Å². The van der Waals surface area contributed by atoms with Gasteiger partial charge in [-0.3, -0.25) is 9.59 Å². The largest absolute Gasteiger partial charge is 0.445 e. The van der Waals surface area contributed by atoms with Gasteiger partial charge in [-0.25, -0.2) is 4.39 Å². The monoisotopic (exact) mass is 431 g/mol. The minimum atomic E-state index is -4.62. The molecule has 29 heavy (non-hydrogen) atoms. The Bertz CT molecular complexity index is 863. The van der Waals surface area contributed by atoms with Gasteiger partial charge in [-0.05, 0) is 24.3 Å². The van der Waals surface area contributed by atoms with E-state index in [-0.39, 0.29) is 41.0 Å². The van der Waals surface area contributed by atoms with Crippen molar-refractivity contribution in [2.45, 2.75) is 19.0 Å². The van der Waals surface area contributed by atoms with E-state index < -0.39 is 17.1 Å². The number of amides is 2. The van der Waals surface area contributed by atoms with Gasteiger partial charge in [-0.15, -0.1) is 10.2 Å². The van der Waals surface area contributed by atoms with Crippen molar-refractivity contribution >= 4 is 34.0 Å². The third kappa shape index (κ3) is 5.62. The van der Waals surface area contributed by atoms with Gasteiger partial charge in [-0.1, -0.05) is 11.3 Å². The predicted octanol–water partition coefficient (Wildman–Crippen LogP) is 2.76. The van der Waals surface area contributed by atoms with Crippen LogP contribution in [0.5, 0.6) is 0 Å². The molecule has 1 saturated heterocycles. The highest BCUT2D eigenvalue weighted by Gasteiger charge is 2.35. The smallest absolute Gasteiger partial charge is 0.368 e. The van der Waals surface area contributed by atoms with Crippen molar-refractivity contribution < 1.29 is 27.2 Å². The number of anilines is 2. The van der Waals surface area contributed by atoms with Crippen molar-refractivity contribution in [2.75, 3.05) is 36.4 Å². The lowest BCUT2D eigenvalue weighted by molar-refractivity contribution is -0.138. The van der Waals surface area contributed by atoms with Crippen molar-refractivity contribution in [1.82, 2.24) is 15.1 Å². The molecule has 1 aromatic carbocycles. The maximum absolute atomic E-state index is 13.0. The zero-order valence-corrected chi connectivity index (χ0v) is 15.9. The highest BCUT2D eigenvalue weighted by Crippen LogP contribution is 2.33. The van der Waals surface area contributed by atoms with Crippen LogP contribution in [0, 0.1) is 5.82 Å². The Labute approximate surface area is 167 Å². The number of carbonyl (C=O) groups is 2. The molecule has 2 amide bonds. The number of carbonyl (C=O) groups excluding carboxylic acids is 2. The number of alkyl halides is 3. The molecule has 1 N–H and O–H groups in total. The van der Waals surface area contributed by atoms with Crippen LogP contribution in [0.3, 0.4) is 0 Å². The van der Waals surface area contributed by atoms with Crippen molar-refractivity contribution in [2.24, 2.45) is 0 Å². The van der Waals surface area contributed by atoms with Crippen LogP contribution in [-0.2, 0) is 15.8 Å². The van der Waals surface area contributed by atoms with Crippen LogP contribution < -0.4 is 10.2 Å². The zero-order valence-electron chi connectivity index (χ0n) is 15.1. The van der Waals surface area contributed by atoms with Gasteiger partial charge >= 0.3 is 6.18 Å². The maximum atomic E-state index is 13.0. The fourth-order valence-electron chi connectivity index (χ4n) is 2.81. The van der Waals surface area contributed by atoms with Gasteiger partial charge in [0.05, 0.1) is 0 Å². The molecular formula is C17H17F4N5O2S. The Morgan fingerprint density at radius 1 is 1.03 bits per heavy atom. The number of aromatic nitrogens is 2. The summed E-state index contributed by atoms with van der Waals surface area (Å²) >= 11 is 0.226. The lowest BCUT2D eigenvalue weighted by Crippen LogP contribution is -2.48. The van der Waals surface area contributed by atoms with Crippen molar-refractivity contribution in [1.29, 1.82) is 0 Å². The first-order chi connectivity index (χ1) is 13.7. The Kier molecular flexibility index (Phi) is 6.30. The van der Waals surface area contributed by atoms with Crippen LogP contribution in [0.1, 0.15) is 17.8 Å². The van der Waals surface area contributed by atoms with Crippen LogP contribution in [0.4, 0.5) is 28.4 Å². The standard InChI is InChI=1S/C17H17F4N5O2S/c18-11-1-3-12(4-2-11)25-7-9-26(10-8-25)14(28)6-5-13(27)22-16-24-23-15(29-16)17(19,20)21/h1-4H,5-10H2,(H,22,24,27). The molecule has 1 fully saturated rings. The van der Waals surface area contributed by atoms with Crippen molar-refractivity contribution in [3.8, 4) is 0 Å². The first-order valence-electron chi connectivity index (χ1n) is 8.71. The van der Waals surface area contributed by atoms with Gasteiger partial charge in [-0.2, -0.15) is 13.2 Å². The fourth-order valence-corrected chi connectivity index (χ4v) is 3.44. The number of piperazine rings is 1. The molecule has 0 bridgehead atoms. The summed E-state index contributed by atoms with van der Waals surface area (Å²) in [6.07, 6.45) is -4.85. The van der Waals surface area contributed by atoms with Crippen LogP contribution in [0.2, 0.25) is 0 Å². The first-order valence-corrected chi connectivity index (χ1v) is 9.53. The number of hydrogen-bond donors (Lipinski definition) is 1. The topological polar surface area (TPSA) is 78.4 Å². The molecule has 0 saturated carbocycles. The molecule has 0 radical (unpaired) electrons. The molecule has 0 unspecified atom stereocenters. The SMILES string of the molecule is O=C(CCC(=O)N1CCN(c2ccc(F)cc2)CC1)Nc1nnc(C(F)(F)F)s1. The Hall–Kier alpha value is -2.76. The van der Waals surface area contributed by atoms with E-state index in [9.17, 15) is 27.2 Å². The van der Waals surface area contributed by atoms with Gasteiger partial charge in [0.2, 0.25) is 22.0 Å². The number of nitrogens with one attached hydrogen (secondary N) is 1. The molecule has 0 atom stereocenters. The second-order valence-corrected chi connectivity index (χ2v) is 7.28. The molecule has 2 aromatic rings. The van der Waals surface area contributed by atoms with E-state index >= 15 is 0 Å². The van der Waals surface area contributed by atoms with Gasteiger partial charge < -0.3 is 15.1 Å². The summed E-state index contributed by atoms with van der Waals surface area (Å²) in [6, 6.07) is 6.10. The van der Waals surface area contributed by atoms with E-state index in [2.05, 4.69) is 15.5 Å². The van der Waals surface area contributed by atoms with E-state index in [1.807, 2.05) is 4.90 Å². The van der Waals surface area contributed by atoms with Crippen LogP contribution in [-0.4, -0.2) is 53.1 Å². The average molecular weight is 431 g/mol. The first kappa shape index (κ1) is 21.0. The van der Waals surface area contributed by atoms with Crippen LogP contribution in [0.25, 0.3) is 0 Å². The number of nitrogens with zero attached hydrogens (tertiary/aromatic N) is 4. The summed E-state index contributed by atoms with van der Waals surface area (Å²) < 4.78 is 50.4. The number of halogens is 4. The van der Waals surface area contributed by atoms with Gasteiger partial charge in [0.25, 0.3) is 0 Å². The molecule has 0 spiro atoms. The van der Waals surface area contributed by atoms with E-state index in [1.54, 1.807) is 17.0 Å². The van der Waals surface area contributed by atoms with Crippen molar-refractivity contribution in [3.63, 3.8) is 0 Å². The van der Waals surface area contributed by atoms with Crippen molar-refractivity contribution in [3.05, 3.63) is 35.1 Å². The summed E-state index contributed by atoms with van der Waals surface area (Å²) in [5, 5.41) is 7.06. The number of rotatable bonds is 5. The quantitative estimate of drug-likeness (QED) is 0.737. The summed E-state index contributed by atoms with van der Waals surface area (Å²) in [4.78, 5) is 27.8. The minimum absolute atomic E-state index is 0.0622. The lowest BCUT2D eigenvalue weighted by Gasteiger charge is -2.36. The lowest BCUT2D eigenvalue weighted by atomic mass is 10.2. The van der Waals surface area contributed by atoms with E-state index in [4.69, 9.17) is 0 Å². The number of hydrogen-bond acceptors (Lipinski definition) is 6. The van der Waals surface area contributed by atoms with Crippen LogP contribution >= 0.6 is 11.3 Å². The third-order valence-corrected chi connectivity index (χ3v) is 5.19. The summed E-state index contributed by atoms with van der Waals surface area (Å²) in [5.74, 6) is -1.13. The molecule has 1 aromatic heterocycles. The highest BCUT2D eigenvalue weighted by molar-refractivity contribution is 7.15. The molecule has 2 heterocycles. The van der Waals surface area contributed by atoms with Gasteiger partial charge in [0, 0.05) is 44.7 Å². The average Bonchev–Trinajstić information content (AvgIpc) is 3.16. The normalized spacial score (nSPS) is 14.8. The predicted molar refractivity (Wildman–Crippen MR) is 98.0 cm³/mol. The second kappa shape index (κ2) is 8.72. The molecule has 1 aliphatic heterocycles. The molecule has 1 aliphatic rings. The Balaban J connectivity index is 1.42. The summed E-state index contributed by atoms with van der Waals surface area (Å²) in [6.45, 7) is 2.08. The Morgan fingerprint density at radius 3 is 2.28 bits per heavy atom. The molecule has 12 heteroatoms. The van der Waals surface area contributed by atoms with Gasteiger partial charge in [0.1, 0.15) is 5.82 Å². The molecular weight excluding hydrogens is 414 g/mol. The molecule has 156 valence electrons. The zero-order chi connectivity index (χ0) is 21.0. The number of benzene rings is 1. The molecule has 3 rings (SSSR count). The van der Waals surface area contributed by atoms with Gasteiger partial charge in [0.15, 0.2) is 0 Å². The fraction of sp³-hybridized carbons (Fsp3) is 0.412. The maximum Gasteiger partial charge on any atom is 0.445 e. The summed E-state index contributed by atoms with van der Waals surface area (Å²) in [5.41, 5.74) is 0.869. The molecule has 7 nitrogen and oxygen atoms in total.